The molecular weight excluding hydrogens is 272 g/mol. The zero-order valence-electron chi connectivity index (χ0n) is 11.9. The maximum absolute atomic E-state index is 9.66. The fourth-order valence-electron chi connectivity index (χ4n) is 3.36. The van der Waals surface area contributed by atoms with Crippen LogP contribution in [-0.2, 0) is 6.54 Å². The molecule has 5 heteroatoms. The zero-order valence-corrected chi connectivity index (χ0v) is 12.7. The number of nitrogens with zero attached hydrogens (tertiary/aromatic N) is 3. The minimum Gasteiger partial charge on any atom is -0.296 e. The largest absolute Gasteiger partial charge is 0.296 e. The van der Waals surface area contributed by atoms with Gasteiger partial charge in [-0.2, -0.15) is 10.4 Å². The zero-order chi connectivity index (χ0) is 14.2. The van der Waals surface area contributed by atoms with E-state index in [4.69, 9.17) is 11.6 Å². The molecule has 2 fully saturated rings. The van der Waals surface area contributed by atoms with Crippen molar-refractivity contribution in [1.29, 1.82) is 5.26 Å². The van der Waals surface area contributed by atoms with E-state index in [2.05, 4.69) is 16.5 Å². The first-order valence-electron chi connectivity index (χ1n) is 7.51. The molecule has 0 aliphatic heterocycles. The van der Waals surface area contributed by atoms with Gasteiger partial charge in [0.05, 0.1) is 23.0 Å². The van der Waals surface area contributed by atoms with E-state index in [-0.39, 0.29) is 5.54 Å². The van der Waals surface area contributed by atoms with Crippen LogP contribution in [0.2, 0.25) is 5.02 Å². The summed E-state index contributed by atoms with van der Waals surface area (Å²) in [7, 11) is 0. The number of nitriles is 1. The summed E-state index contributed by atoms with van der Waals surface area (Å²) < 4.78 is 1.96. The Balaban J connectivity index is 1.66. The second-order valence-electron chi connectivity index (χ2n) is 6.18. The fourth-order valence-corrected chi connectivity index (χ4v) is 3.50. The molecule has 0 amide bonds. The SMILES string of the molecule is Cc1c(Cl)cnn1CCC1CCCC1(C#N)NC1CC1. The Kier molecular flexibility index (Phi) is 3.74. The third kappa shape index (κ3) is 2.57. The van der Waals surface area contributed by atoms with Crippen molar-refractivity contribution in [3.05, 3.63) is 16.9 Å². The van der Waals surface area contributed by atoms with E-state index in [1.807, 2.05) is 11.6 Å². The average Bonchev–Trinajstić information content (AvgIpc) is 3.09. The summed E-state index contributed by atoms with van der Waals surface area (Å²) in [6.07, 6.45) is 8.42. The van der Waals surface area contributed by atoms with E-state index < -0.39 is 0 Å². The predicted octanol–water partition coefficient (Wildman–Crippen LogP) is 3.05. The molecular formula is C15H21ClN4. The van der Waals surface area contributed by atoms with Crippen molar-refractivity contribution in [3.63, 3.8) is 0 Å². The Bertz CT molecular complexity index is 528. The van der Waals surface area contributed by atoms with Gasteiger partial charge in [0.1, 0.15) is 5.54 Å². The van der Waals surface area contributed by atoms with Gasteiger partial charge in [0.15, 0.2) is 0 Å². The van der Waals surface area contributed by atoms with Crippen LogP contribution in [0.25, 0.3) is 0 Å². The van der Waals surface area contributed by atoms with Gasteiger partial charge < -0.3 is 0 Å². The minimum absolute atomic E-state index is 0.300. The van der Waals surface area contributed by atoms with Gasteiger partial charge in [0, 0.05) is 12.6 Å². The molecule has 2 aliphatic rings. The van der Waals surface area contributed by atoms with Crippen LogP contribution in [0, 0.1) is 24.2 Å². The number of hydrogen-bond donors (Lipinski definition) is 1. The Morgan fingerprint density at radius 1 is 1.55 bits per heavy atom. The molecule has 108 valence electrons. The summed E-state index contributed by atoms with van der Waals surface area (Å²) in [5.41, 5.74) is 0.717. The van der Waals surface area contributed by atoms with Crippen LogP contribution in [0.4, 0.5) is 0 Å². The summed E-state index contributed by atoms with van der Waals surface area (Å²) in [5.74, 6) is 0.426. The lowest BCUT2D eigenvalue weighted by Gasteiger charge is -2.30. The van der Waals surface area contributed by atoms with Gasteiger partial charge in [-0.3, -0.25) is 10.00 Å². The molecule has 20 heavy (non-hydrogen) atoms. The first-order valence-corrected chi connectivity index (χ1v) is 7.89. The van der Waals surface area contributed by atoms with Crippen molar-refractivity contribution in [1.82, 2.24) is 15.1 Å². The standard InChI is InChI=1S/C15H21ClN4/c1-11-14(16)9-18-20(11)8-6-12-3-2-7-15(12,10-17)19-13-4-5-13/h9,12-13,19H,2-8H2,1H3. The van der Waals surface area contributed by atoms with Gasteiger partial charge in [-0.05, 0) is 44.9 Å². The molecule has 2 unspecified atom stereocenters. The van der Waals surface area contributed by atoms with Crippen LogP contribution in [0.5, 0.6) is 0 Å². The normalized spacial score (nSPS) is 29.6. The maximum atomic E-state index is 9.66. The molecule has 1 heterocycles. The fraction of sp³-hybridized carbons (Fsp3) is 0.733. The molecule has 2 atom stereocenters. The minimum atomic E-state index is -0.300. The quantitative estimate of drug-likeness (QED) is 0.907. The molecule has 0 spiro atoms. The molecule has 3 rings (SSSR count). The highest BCUT2D eigenvalue weighted by Crippen LogP contribution is 2.40. The number of nitrogens with one attached hydrogen (secondary N) is 1. The van der Waals surface area contributed by atoms with Crippen LogP contribution in [0.3, 0.4) is 0 Å². The molecule has 0 saturated heterocycles. The van der Waals surface area contributed by atoms with Crippen LogP contribution >= 0.6 is 11.6 Å². The van der Waals surface area contributed by atoms with E-state index in [1.165, 1.54) is 12.8 Å². The van der Waals surface area contributed by atoms with E-state index in [0.29, 0.717) is 12.0 Å². The van der Waals surface area contributed by atoms with Gasteiger partial charge in [0.25, 0.3) is 0 Å². The number of aryl methyl sites for hydroxylation is 1. The maximum Gasteiger partial charge on any atom is 0.109 e. The molecule has 0 bridgehead atoms. The number of rotatable bonds is 5. The Labute approximate surface area is 125 Å². The van der Waals surface area contributed by atoms with E-state index in [1.54, 1.807) is 6.20 Å². The highest BCUT2D eigenvalue weighted by Gasteiger charge is 2.45. The van der Waals surface area contributed by atoms with Crippen LogP contribution in [-0.4, -0.2) is 21.4 Å². The van der Waals surface area contributed by atoms with Crippen molar-refractivity contribution in [2.45, 2.75) is 63.6 Å². The van der Waals surface area contributed by atoms with Gasteiger partial charge in [-0.25, -0.2) is 0 Å². The Morgan fingerprint density at radius 3 is 2.95 bits per heavy atom. The van der Waals surface area contributed by atoms with Gasteiger partial charge >= 0.3 is 0 Å². The molecule has 0 aromatic carbocycles. The summed E-state index contributed by atoms with van der Waals surface area (Å²) in [6, 6.07) is 3.17. The second-order valence-corrected chi connectivity index (χ2v) is 6.59. The number of aromatic nitrogens is 2. The number of halogens is 1. The lowest BCUT2D eigenvalue weighted by molar-refractivity contribution is 0.283. The molecule has 1 N–H and O–H groups in total. The average molecular weight is 293 g/mol. The Hall–Kier alpha value is -1.05. The molecule has 0 radical (unpaired) electrons. The van der Waals surface area contributed by atoms with Crippen LogP contribution < -0.4 is 5.32 Å². The van der Waals surface area contributed by atoms with Crippen molar-refractivity contribution >= 4 is 11.6 Å². The van der Waals surface area contributed by atoms with Crippen molar-refractivity contribution in [2.75, 3.05) is 0 Å². The monoisotopic (exact) mass is 292 g/mol. The van der Waals surface area contributed by atoms with Crippen molar-refractivity contribution < 1.29 is 0 Å². The third-order valence-corrected chi connectivity index (χ3v) is 5.16. The summed E-state index contributed by atoms with van der Waals surface area (Å²) in [6.45, 7) is 2.84. The lowest BCUT2D eigenvalue weighted by Crippen LogP contribution is -2.48. The predicted molar refractivity (Wildman–Crippen MR) is 78.4 cm³/mol. The topological polar surface area (TPSA) is 53.6 Å². The van der Waals surface area contributed by atoms with Crippen LogP contribution in [0.15, 0.2) is 6.20 Å². The highest BCUT2D eigenvalue weighted by molar-refractivity contribution is 6.31. The summed E-state index contributed by atoms with van der Waals surface area (Å²) in [4.78, 5) is 0. The first-order chi connectivity index (χ1) is 9.64. The van der Waals surface area contributed by atoms with Gasteiger partial charge in [-0.1, -0.05) is 18.0 Å². The van der Waals surface area contributed by atoms with E-state index in [9.17, 15) is 5.26 Å². The number of hydrogen-bond acceptors (Lipinski definition) is 3. The smallest absolute Gasteiger partial charge is 0.109 e. The molecule has 2 aliphatic carbocycles. The molecule has 1 aromatic heterocycles. The van der Waals surface area contributed by atoms with Gasteiger partial charge in [-0.15, -0.1) is 0 Å². The van der Waals surface area contributed by atoms with Crippen LogP contribution in [0.1, 0.15) is 44.2 Å². The van der Waals surface area contributed by atoms with Crippen molar-refractivity contribution in [3.8, 4) is 6.07 Å². The highest BCUT2D eigenvalue weighted by atomic mass is 35.5. The van der Waals surface area contributed by atoms with E-state index in [0.717, 1.165) is 42.9 Å². The van der Waals surface area contributed by atoms with Crippen molar-refractivity contribution in [2.24, 2.45) is 5.92 Å². The second kappa shape index (κ2) is 5.38. The van der Waals surface area contributed by atoms with E-state index >= 15 is 0 Å². The third-order valence-electron chi connectivity index (χ3n) is 4.79. The molecule has 2 saturated carbocycles. The van der Waals surface area contributed by atoms with Gasteiger partial charge in [0.2, 0.25) is 0 Å². The molecule has 1 aromatic rings. The Morgan fingerprint density at radius 2 is 2.35 bits per heavy atom. The lowest BCUT2D eigenvalue weighted by atomic mass is 9.85. The first kappa shape index (κ1) is 13.9. The summed E-state index contributed by atoms with van der Waals surface area (Å²) >= 11 is 6.04. The summed E-state index contributed by atoms with van der Waals surface area (Å²) in [5, 5.41) is 18.3. The molecule has 4 nitrogen and oxygen atoms in total.